The van der Waals surface area contributed by atoms with Gasteiger partial charge < -0.3 is 13.9 Å². The molecule has 0 bridgehead atoms. The number of carbonyl (C=O) groups excluding carboxylic acids is 1. The molecular weight excluding hydrogens is 352 g/mol. The Bertz CT molecular complexity index is 1220. The second-order valence-corrected chi connectivity index (χ2v) is 6.92. The van der Waals surface area contributed by atoms with Crippen molar-refractivity contribution in [3.63, 3.8) is 0 Å². The predicted molar refractivity (Wildman–Crippen MR) is 106 cm³/mol. The molecule has 2 aromatic heterocycles. The Balaban J connectivity index is 1.62. The Morgan fingerprint density at radius 2 is 1.71 bits per heavy atom. The van der Waals surface area contributed by atoms with Crippen molar-refractivity contribution in [2.45, 2.75) is 12.6 Å². The fraction of sp³-hybridized carbons (Fsp3) is 0.130. The Labute approximate surface area is 161 Å². The van der Waals surface area contributed by atoms with E-state index < -0.39 is 5.63 Å². The molecule has 3 heterocycles. The molecule has 0 N–H and O–H groups in total. The van der Waals surface area contributed by atoms with Gasteiger partial charge >= 0.3 is 5.63 Å². The van der Waals surface area contributed by atoms with Crippen LogP contribution in [0, 0.1) is 0 Å². The average Bonchev–Trinajstić information content (AvgIpc) is 3.21. The van der Waals surface area contributed by atoms with Crippen LogP contribution in [-0.4, -0.2) is 21.9 Å². The number of amides is 1. The molecule has 1 aliphatic heterocycles. The number of nitrogens with zero attached hydrogens (tertiary/aromatic N) is 2. The van der Waals surface area contributed by atoms with Gasteiger partial charge in [0.25, 0.3) is 5.91 Å². The van der Waals surface area contributed by atoms with Gasteiger partial charge in [-0.05, 0) is 29.8 Å². The highest BCUT2D eigenvalue weighted by Crippen LogP contribution is 2.33. The van der Waals surface area contributed by atoms with Crippen molar-refractivity contribution in [1.29, 1.82) is 0 Å². The first-order valence-corrected chi connectivity index (χ1v) is 9.26. The third-order valence-electron chi connectivity index (χ3n) is 5.29. The summed E-state index contributed by atoms with van der Waals surface area (Å²) in [5, 5.41) is 0.738. The molecule has 4 aromatic rings. The molecule has 138 valence electrons. The average molecular weight is 370 g/mol. The van der Waals surface area contributed by atoms with Gasteiger partial charge in [0, 0.05) is 30.4 Å². The minimum absolute atomic E-state index is 0.0691. The lowest BCUT2D eigenvalue weighted by Gasteiger charge is -2.37. The Kier molecular flexibility index (Phi) is 3.86. The van der Waals surface area contributed by atoms with Gasteiger partial charge in [-0.3, -0.25) is 4.79 Å². The Morgan fingerprint density at radius 3 is 2.57 bits per heavy atom. The van der Waals surface area contributed by atoms with Gasteiger partial charge in [0.05, 0.1) is 6.04 Å². The summed E-state index contributed by atoms with van der Waals surface area (Å²) in [6.45, 7) is 1.21. The number of fused-ring (bicyclic) bond motifs is 2. The molecule has 5 nitrogen and oxygen atoms in total. The maximum absolute atomic E-state index is 13.4. The zero-order chi connectivity index (χ0) is 19.1. The first-order valence-electron chi connectivity index (χ1n) is 9.26. The van der Waals surface area contributed by atoms with E-state index in [0.717, 1.165) is 16.6 Å². The van der Waals surface area contributed by atoms with E-state index >= 15 is 0 Å². The number of benzene rings is 2. The Hall–Kier alpha value is -3.60. The van der Waals surface area contributed by atoms with Crippen LogP contribution in [0.4, 0.5) is 0 Å². The largest absolute Gasteiger partial charge is 0.422 e. The topological polar surface area (TPSA) is 55.5 Å². The number of hydrogen-bond acceptors (Lipinski definition) is 3. The highest BCUT2D eigenvalue weighted by atomic mass is 16.4. The Morgan fingerprint density at radius 1 is 0.929 bits per heavy atom. The zero-order valence-corrected chi connectivity index (χ0v) is 15.1. The fourth-order valence-corrected chi connectivity index (χ4v) is 3.95. The van der Waals surface area contributed by atoms with Crippen molar-refractivity contribution < 1.29 is 9.21 Å². The molecular formula is C23H18N2O3. The van der Waals surface area contributed by atoms with Gasteiger partial charge in [0.1, 0.15) is 11.1 Å². The van der Waals surface area contributed by atoms with E-state index in [1.165, 1.54) is 0 Å². The summed E-state index contributed by atoms with van der Waals surface area (Å²) < 4.78 is 7.55. The minimum Gasteiger partial charge on any atom is -0.422 e. The number of para-hydroxylation sites is 1. The second-order valence-electron chi connectivity index (χ2n) is 6.92. The number of carbonyl (C=O) groups is 1. The first kappa shape index (κ1) is 16.6. The zero-order valence-electron chi connectivity index (χ0n) is 15.1. The van der Waals surface area contributed by atoms with Gasteiger partial charge in [-0.1, -0.05) is 48.5 Å². The van der Waals surface area contributed by atoms with Crippen molar-refractivity contribution >= 4 is 16.9 Å². The van der Waals surface area contributed by atoms with Crippen LogP contribution in [0.5, 0.6) is 0 Å². The molecule has 0 radical (unpaired) electrons. The summed E-state index contributed by atoms with van der Waals surface area (Å²) in [5.74, 6) is -0.305. The van der Waals surface area contributed by atoms with Crippen LogP contribution in [0.25, 0.3) is 11.0 Å². The molecule has 0 aliphatic carbocycles. The molecule has 1 atom stereocenters. The standard InChI is InChI=1S/C23H18N2O3/c26-22(18-15-17-9-4-5-11-20(17)28-23(18)27)25-14-13-24-12-6-10-19(24)21(25)16-7-2-1-3-8-16/h1-12,15,21H,13-14H2. The quantitative estimate of drug-likeness (QED) is 0.504. The van der Waals surface area contributed by atoms with Crippen LogP contribution in [-0.2, 0) is 6.54 Å². The molecule has 28 heavy (non-hydrogen) atoms. The summed E-state index contributed by atoms with van der Waals surface area (Å²) in [6, 6.07) is 22.5. The monoisotopic (exact) mass is 370 g/mol. The van der Waals surface area contributed by atoms with Crippen LogP contribution in [0.15, 0.2) is 88.2 Å². The highest BCUT2D eigenvalue weighted by molar-refractivity contribution is 5.97. The molecule has 2 aromatic carbocycles. The summed E-state index contributed by atoms with van der Waals surface area (Å²) in [4.78, 5) is 27.7. The van der Waals surface area contributed by atoms with Gasteiger partial charge in [-0.25, -0.2) is 4.79 Å². The smallest absolute Gasteiger partial charge is 0.349 e. The molecule has 0 fully saturated rings. The predicted octanol–water partition coefficient (Wildman–Crippen LogP) is 3.84. The fourth-order valence-electron chi connectivity index (χ4n) is 3.95. The van der Waals surface area contributed by atoms with E-state index in [4.69, 9.17) is 4.42 Å². The molecule has 5 rings (SSSR count). The van der Waals surface area contributed by atoms with E-state index in [1.54, 1.807) is 23.1 Å². The number of rotatable bonds is 2. The molecule has 0 saturated carbocycles. The lowest BCUT2D eigenvalue weighted by Crippen LogP contribution is -2.43. The van der Waals surface area contributed by atoms with Gasteiger partial charge in [0.2, 0.25) is 0 Å². The normalized spacial score (nSPS) is 16.1. The van der Waals surface area contributed by atoms with Crippen molar-refractivity contribution in [3.8, 4) is 0 Å². The number of aromatic nitrogens is 1. The lowest BCUT2D eigenvalue weighted by molar-refractivity contribution is 0.0660. The van der Waals surface area contributed by atoms with Gasteiger partial charge in [0.15, 0.2) is 0 Å². The van der Waals surface area contributed by atoms with E-state index in [1.807, 2.05) is 60.8 Å². The maximum atomic E-state index is 13.4. The molecule has 0 saturated heterocycles. The highest BCUT2D eigenvalue weighted by Gasteiger charge is 2.33. The summed E-state index contributed by atoms with van der Waals surface area (Å²) >= 11 is 0. The van der Waals surface area contributed by atoms with Crippen LogP contribution in [0.3, 0.4) is 0 Å². The third kappa shape index (κ3) is 2.63. The summed E-state index contributed by atoms with van der Waals surface area (Å²) in [7, 11) is 0. The van der Waals surface area contributed by atoms with E-state index in [0.29, 0.717) is 18.7 Å². The minimum atomic E-state index is -0.600. The van der Waals surface area contributed by atoms with Crippen molar-refractivity contribution in [1.82, 2.24) is 9.47 Å². The lowest BCUT2D eigenvalue weighted by atomic mass is 9.99. The van der Waals surface area contributed by atoms with E-state index in [-0.39, 0.29) is 17.5 Å². The molecule has 1 amide bonds. The van der Waals surface area contributed by atoms with E-state index in [9.17, 15) is 9.59 Å². The molecule has 1 aliphatic rings. The SMILES string of the molecule is O=C(c1cc2ccccc2oc1=O)N1CCn2cccc2C1c1ccccc1. The van der Waals surface area contributed by atoms with Crippen LogP contribution in [0.1, 0.15) is 27.7 Å². The van der Waals surface area contributed by atoms with Gasteiger partial charge in [-0.15, -0.1) is 0 Å². The van der Waals surface area contributed by atoms with Crippen LogP contribution < -0.4 is 5.63 Å². The number of hydrogen-bond donors (Lipinski definition) is 0. The molecule has 5 heteroatoms. The van der Waals surface area contributed by atoms with Crippen LogP contribution in [0.2, 0.25) is 0 Å². The second kappa shape index (κ2) is 6.53. The molecule has 1 unspecified atom stereocenters. The summed E-state index contributed by atoms with van der Waals surface area (Å²) in [5.41, 5.74) is 2.00. The molecule has 0 spiro atoms. The third-order valence-corrected chi connectivity index (χ3v) is 5.29. The summed E-state index contributed by atoms with van der Waals surface area (Å²) in [6.07, 6.45) is 2.03. The van der Waals surface area contributed by atoms with E-state index in [2.05, 4.69) is 4.57 Å². The van der Waals surface area contributed by atoms with Crippen molar-refractivity contribution in [2.75, 3.05) is 6.54 Å². The van der Waals surface area contributed by atoms with Crippen LogP contribution >= 0.6 is 0 Å². The maximum Gasteiger partial charge on any atom is 0.349 e. The van der Waals surface area contributed by atoms with Crippen molar-refractivity contribution in [3.05, 3.63) is 106 Å². The first-order chi connectivity index (χ1) is 13.7. The van der Waals surface area contributed by atoms with Gasteiger partial charge in [-0.2, -0.15) is 0 Å². The van der Waals surface area contributed by atoms with Crippen molar-refractivity contribution in [2.24, 2.45) is 0 Å².